The molecule has 1 aliphatic heterocycles. The first-order chi connectivity index (χ1) is 11.9. The number of carbonyl (C=O) groups is 1. The summed E-state index contributed by atoms with van der Waals surface area (Å²) in [6.45, 7) is 5.26. The Labute approximate surface area is 150 Å². The molecule has 1 aromatic carbocycles. The van der Waals surface area contributed by atoms with E-state index in [9.17, 15) is 26.4 Å². The Kier molecular flexibility index (Phi) is 5.86. The number of benzene rings is 1. The number of halogens is 3. The topological polar surface area (TPSA) is 78.5 Å². The number of rotatable bonds is 3. The average Bonchev–Trinajstić information content (AvgIpc) is 2.54. The monoisotopic (exact) mass is 393 g/mol. The maximum atomic E-state index is 13.6. The van der Waals surface area contributed by atoms with Gasteiger partial charge in [-0.3, -0.25) is 0 Å². The highest BCUT2D eigenvalue weighted by atomic mass is 32.2. The van der Waals surface area contributed by atoms with Crippen molar-refractivity contribution in [2.45, 2.75) is 44.4 Å². The van der Waals surface area contributed by atoms with Crippen LogP contribution in [0.1, 0.15) is 33.6 Å². The highest BCUT2D eigenvalue weighted by Gasteiger charge is 2.33. The normalized spacial score (nSPS) is 16.6. The summed E-state index contributed by atoms with van der Waals surface area (Å²) in [6, 6.07) is 0.701. The summed E-state index contributed by atoms with van der Waals surface area (Å²) in [4.78, 5) is 13.5. The van der Waals surface area contributed by atoms with Gasteiger partial charge < -0.3 is 10.2 Å². The molecule has 10 heteroatoms. The smallest absolute Gasteiger partial charge is 0.321 e. The minimum Gasteiger partial charge on any atom is -0.324 e. The van der Waals surface area contributed by atoms with Crippen LogP contribution < -0.4 is 10.0 Å². The van der Waals surface area contributed by atoms with E-state index in [0.29, 0.717) is 12.8 Å². The molecule has 1 aliphatic rings. The van der Waals surface area contributed by atoms with Gasteiger partial charge in [0.25, 0.3) is 0 Å². The van der Waals surface area contributed by atoms with Crippen LogP contribution in [0.3, 0.4) is 0 Å². The summed E-state index contributed by atoms with van der Waals surface area (Å²) < 4.78 is 65.8. The molecular weight excluding hydrogens is 371 g/mol. The van der Waals surface area contributed by atoms with Gasteiger partial charge in [0.1, 0.15) is 0 Å². The fourth-order valence-corrected chi connectivity index (χ4v) is 3.44. The number of nitrogens with zero attached hydrogens (tertiary/aromatic N) is 1. The lowest BCUT2D eigenvalue weighted by molar-refractivity contribution is 0.192. The van der Waals surface area contributed by atoms with Crippen LogP contribution in [-0.2, 0) is 10.0 Å². The Bertz CT molecular complexity index is 786. The number of anilines is 1. The second-order valence-electron chi connectivity index (χ2n) is 7.15. The first kappa shape index (κ1) is 20.5. The lowest BCUT2D eigenvalue weighted by Gasteiger charge is -2.33. The zero-order valence-electron chi connectivity index (χ0n) is 14.8. The number of urea groups is 1. The molecule has 0 spiro atoms. The van der Waals surface area contributed by atoms with Gasteiger partial charge in [-0.15, -0.1) is 0 Å². The summed E-state index contributed by atoms with van der Waals surface area (Å²) in [7, 11) is -3.49. The Balaban J connectivity index is 1.94. The van der Waals surface area contributed by atoms with Crippen LogP contribution in [0.25, 0.3) is 0 Å². The van der Waals surface area contributed by atoms with Crippen LogP contribution in [-0.4, -0.2) is 43.2 Å². The molecule has 0 atom stereocenters. The minimum absolute atomic E-state index is 0.245. The van der Waals surface area contributed by atoms with Crippen molar-refractivity contribution in [3.8, 4) is 0 Å². The first-order valence-electron chi connectivity index (χ1n) is 8.13. The van der Waals surface area contributed by atoms with E-state index in [-0.39, 0.29) is 19.1 Å². The van der Waals surface area contributed by atoms with Crippen LogP contribution >= 0.6 is 0 Å². The molecule has 6 nitrogen and oxygen atoms in total. The highest BCUT2D eigenvalue weighted by Crippen LogP contribution is 2.21. The van der Waals surface area contributed by atoms with Gasteiger partial charge in [0.15, 0.2) is 17.5 Å². The number of amides is 2. The SMILES string of the molecule is CC(C)(C)S(=O)(=O)NC1CCN(C(=O)Nc2ccc(F)c(F)c2F)CC1. The van der Waals surface area contributed by atoms with Gasteiger partial charge in [-0.25, -0.2) is 31.1 Å². The van der Waals surface area contributed by atoms with E-state index >= 15 is 0 Å². The van der Waals surface area contributed by atoms with E-state index < -0.39 is 43.9 Å². The van der Waals surface area contributed by atoms with Gasteiger partial charge in [-0.1, -0.05) is 0 Å². The summed E-state index contributed by atoms with van der Waals surface area (Å²) >= 11 is 0. The van der Waals surface area contributed by atoms with Crippen LogP contribution in [0.2, 0.25) is 0 Å². The molecule has 2 amide bonds. The van der Waals surface area contributed by atoms with Crippen LogP contribution in [0.4, 0.5) is 23.7 Å². The summed E-state index contributed by atoms with van der Waals surface area (Å²) in [6.07, 6.45) is 0.784. The Morgan fingerprint density at radius 2 is 1.69 bits per heavy atom. The van der Waals surface area contributed by atoms with E-state index in [1.165, 1.54) is 4.90 Å². The molecular formula is C16H22F3N3O3S. The molecule has 2 N–H and O–H groups in total. The lowest BCUT2D eigenvalue weighted by atomic mass is 10.1. The van der Waals surface area contributed by atoms with Crippen molar-refractivity contribution in [3.05, 3.63) is 29.6 Å². The van der Waals surface area contributed by atoms with E-state index in [1.54, 1.807) is 20.8 Å². The molecule has 0 radical (unpaired) electrons. The first-order valence-corrected chi connectivity index (χ1v) is 9.62. The molecule has 0 saturated carbocycles. The van der Waals surface area contributed by atoms with Gasteiger partial charge in [-0.05, 0) is 45.7 Å². The second kappa shape index (κ2) is 7.43. The van der Waals surface area contributed by atoms with Crippen molar-refractivity contribution in [1.82, 2.24) is 9.62 Å². The quantitative estimate of drug-likeness (QED) is 0.775. The molecule has 1 aromatic rings. The van der Waals surface area contributed by atoms with E-state index in [0.717, 1.165) is 12.1 Å². The van der Waals surface area contributed by atoms with E-state index in [4.69, 9.17) is 0 Å². The number of hydrogen-bond donors (Lipinski definition) is 2. The highest BCUT2D eigenvalue weighted by molar-refractivity contribution is 7.90. The Hall–Kier alpha value is -1.81. The third kappa shape index (κ3) is 4.47. The molecule has 1 saturated heterocycles. The average molecular weight is 393 g/mol. The molecule has 26 heavy (non-hydrogen) atoms. The largest absolute Gasteiger partial charge is 0.324 e. The number of sulfonamides is 1. The summed E-state index contributed by atoms with van der Waals surface area (Å²) in [5.74, 6) is -4.46. The predicted molar refractivity (Wildman–Crippen MR) is 91.7 cm³/mol. The maximum absolute atomic E-state index is 13.6. The van der Waals surface area contributed by atoms with Crippen molar-refractivity contribution >= 4 is 21.7 Å². The second-order valence-corrected chi connectivity index (χ2v) is 9.62. The van der Waals surface area contributed by atoms with Gasteiger partial charge in [0.05, 0.1) is 10.4 Å². The molecule has 1 fully saturated rings. The molecule has 0 unspecified atom stereocenters. The van der Waals surface area contributed by atoms with Gasteiger partial charge in [-0.2, -0.15) is 0 Å². The lowest BCUT2D eigenvalue weighted by Crippen LogP contribution is -2.50. The van der Waals surface area contributed by atoms with Crippen molar-refractivity contribution in [1.29, 1.82) is 0 Å². The number of hydrogen-bond acceptors (Lipinski definition) is 3. The van der Waals surface area contributed by atoms with E-state index in [2.05, 4.69) is 10.0 Å². The zero-order valence-corrected chi connectivity index (χ0v) is 15.6. The Morgan fingerprint density at radius 3 is 2.23 bits per heavy atom. The third-order valence-electron chi connectivity index (χ3n) is 4.19. The molecule has 2 rings (SSSR count). The van der Waals surface area contributed by atoms with Crippen LogP contribution in [0, 0.1) is 17.5 Å². The van der Waals surface area contributed by atoms with Gasteiger partial charge >= 0.3 is 6.03 Å². The van der Waals surface area contributed by atoms with E-state index in [1.807, 2.05) is 0 Å². The molecule has 1 heterocycles. The molecule has 0 aliphatic carbocycles. The minimum atomic E-state index is -3.49. The molecule has 146 valence electrons. The number of carbonyl (C=O) groups excluding carboxylic acids is 1. The van der Waals surface area contributed by atoms with Crippen LogP contribution in [0.5, 0.6) is 0 Å². The van der Waals surface area contributed by atoms with Crippen molar-refractivity contribution < 1.29 is 26.4 Å². The fraction of sp³-hybridized carbons (Fsp3) is 0.562. The van der Waals surface area contributed by atoms with Crippen molar-refractivity contribution in [2.75, 3.05) is 18.4 Å². The fourth-order valence-electron chi connectivity index (χ4n) is 2.41. The number of nitrogens with one attached hydrogen (secondary N) is 2. The third-order valence-corrected chi connectivity index (χ3v) is 6.44. The number of piperidine rings is 1. The predicted octanol–water partition coefficient (Wildman–Crippen LogP) is 2.82. The molecule has 0 aromatic heterocycles. The maximum Gasteiger partial charge on any atom is 0.321 e. The van der Waals surface area contributed by atoms with Crippen LogP contribution in [0.15, 0.2) is 12.1 Å². The van der Waals surface area contributed by atoms with Gasteiger partial charge in [0, 0.05) is 19.1 Å². The standard InChI is InChI=1S/C16H22F3N3O3S/c1-16(2,3)26(24,25)21-10-6-8-22(9-7-10)15(23)20-12-5-4-11(17)13(18)14(12)19/h4-5,10,21H,6-9H2,1-3H3,(H,20,23). The number of likely N-dealkylation sites (tertiary alicyclic amines) is 1. The zero-order chi connectivity index (χ0) is 19.7. The molecule has 0 bridgehead atoms. The van der Waals surface area contributed by atoms with Crippen molar-refractivity contribution in [3.63, 3.8) is 0 Å². The summed E-state index contributed by atoms with van der Waals surface area (Å²) in [5, 5.41) is 2.20. The Morgan fingerprint density at radius 1 is 1.12 bits per heavy atom. The summed E-state index contributed by atoms with van der Waals surface area (Å²) in [5.41, 5.74) is -0.454. The van der Waals surface area contributed by atoms with Gasteiger partial charge in [0.2, 0.25) is 10.0 Å². The van der Waals surface area contributed by atoms with Crippen molar-refractivity contribution in [2.24, 2.45) is 0 Å².